The molecule has 0 aliphatic carbocycles. The standard InChI is InChI=1S/C25H20FN7O3/c26-19-6-2-1-5-17(19)15-35-18-11-9-16(10-12-18)13-28-30-22(34)14-33-21-8-4-3-7-20(21)29-25(33)23-24(27)32-36-31-23/h1-13H,14-15H2,(H2,27,32)(H,30,34). The van der Waals surface area contributed by atoms with Crippen LogP contribution >= 0.6 is 0 Å². The minimum absolute atomic E-state index is 0.0753. The Kier molecular flexibility index (Phi) is 6.34. The van der Waals surface area contributed by atoms with Crippen molar-refractivity contribution in [1.82, 2.24) is 25.3 Å². The van der Waals surface area contributed by atoms with Crippen LogP contribution in [0.5, 0.6) is 5.75 Å². The Bertz CT molecular complexity index is 1540. The number of halogens is 1. The van der Waals surface area contributed by atoms with E-state index >= 15 is 0 Å². The summed E-state index contributed by atoms with van der Waals surface area (Å²) in [5.74, 6) is 0.330. The van der Waals surface area contributed by atoms with Crippen LogP contribution in [0.25, 0.3) is 22.6 Å². The number of benzene rings is 3. The Morgan fingerprint density at radius 1 is 1.08 bits per heavy atom. The Balaban J connectivity index is 1.22. The number of amides is 1. The molecule has 0 bridgehead atoms. The predicted molar refractivity (Wildman–Crippen MR) is 130 cm³/mol. The molecule has 5 rings (SSSR count). The number of hydrogen-bond donors (Lipinski definition) is 2. The number of fused-ring (bicyclic) bond motifs is 1. The SMILES string of the molecule is Nc1nonc1-c1nc2ccccc2n1CC(=O)NN=Cc1ccc(OCc2ccccc2F)cc1. The summed E-state index contributed by atoms with van der Waals surface area (Å²) in [5, 5.41) is 11.4. The summed E-state index contributed by atoms with van der Waals surface area (Å²) in [6.07, 6.45) is 1.50. The van der Waals surface area contributed by atoms with E-state index in [0.717, 1.165) is 11.1 Å². The molecule has 36 heavy (non-hydrogen) atoms. The van der Waals surface area contributed by atoms with Crippen molar-refractivity contribution >= 4 is 29.0 Å². The minimum atomic E-state index is -0.379. The lowest BCUT2D eigenvalue weighted by molar-refractivity contribution is -0.121. The smallest absolute Gasteiger partial charge is 0.260 e. The van der Waals surface area contributed by atoms with Crippen LogP contribution in [0.3, 0.4) is 0 Å². The highest BCUT2D eigenvalue weighted by atomic mass is 19.1. The molecular formula is C25H20FN7O3. The van der Waals surface area contributed by atoms with E-state index in [1.807, 2.05) is 24.3 Å². The first-order valence-corrected chi connectivity index (χ1v) is 10.9. The maximum absolute atomic E-state index is 13.7. The van der Waals surface area contributed by atoms with Crippen LogP contribution in [0.2, 0.25) is 0 Å². The second-order valence-electron chi connectivity index (χ2n) is 7.75. The quantitative estimate of drug-likeness (QED) is 0.254. The number of para-hydroxylation sites is 2. The molecule has 10 nitrogen and oxygen atoms in total. The molecule has 0 aliphatic rings. The fourth-order valence-corrected chi connectivity index (χ4v) is 3.55. The van der Waals surface area contributed by atoms with Crippen LogP contribution in [-0.4, -0.2) is 32.0 Å². The fourth-order valence-electron chi connectivity index (χ4n) is 3.55. The number of anilines is 1. The Morgan fingerprint density at radius 2 is 1.86 bits per heavy atom. The molecule has 0 unspecified atom stereocenters. The molecule has 180 valence electrons. The molecule has 0 spiro atoms. The Labute approximate surface area is 204 Å². The van der Waals surface area contributed by atoms with Crippen molar-refractivity contribution in [1.29, 1.82) is 0 Å². The van der Waals surface area contributed by atoms with E-state index in [2.05, 4.69) is 25.8 Å². The highest BCUT2D eigenvalue weighted by molar-refractivity contribution is 5.86. The lowest BCUT2D eigenvalue weighted by Crippen LogP contribution is -2.23. The molecule has 2 heterocycles. The van der Waals surface area contributed by atoms with Crippen LogP contribution in [-0.2, 0) is 17.9 Å². The summed E-state index contributed by atoms with van der Waals surface area (Å²) in [6.45, 7) is 0.0411. The molecule has 0 atom stereocenters. The molecular weight excluding hydrogens is 465 g/mol. The normalized spacial score (nSPS) is 11.2. The zero-order valence-electron chi connectivity index (χ0n) is 18.8. The first-order valence-electron chi connectivity index (χ1n) is 10.9. The van der Waals surface area contributed by atoms with Crippen LogP contribution < -0.4 is 15.9 Å². The average molecular weight is 485 g/mol. The summed E-state index contributed by atoms with van der Waals surface area (Å²) >= 11 is 0. The molecule has 0 fully saturated rings. The molecule has 0 radical (unpaired) electrons. The average Bonchev–Trinajstić information content (AvgIpc) is 3.47. The minimum Gasteiger partial charge on any atom is -0.489 e. The number of ether oxygens (including phenoxy) is 1. The number of rotatable bonds is 8. The van der Waals surface area contributed by atoms with Crippen molar-refractivity contribution in [3.05, 3.63) is 89.7 Å². The van der Waals surface area contributed by atoms with E-state index in [9.17, 15) is 9.18 Å². The van der Waals surface area contributed by atoms with Crippen molar-refractivity contribution in [3.63, 3.8) is 0 Å². The van der Waals surface area contributed by atoms with Gasteiger partial charge in [0.1, 0.15) is 24.7 Å². The van der Waals surface area contributed by atoms with Gasteiger partial charge in [0.05, 0.1) is 17.2 Å². The van der Waals surface area contributed by atoms with Gasteiger partial charge in [-0.15, -0.1) is 0 Å². The largest absolute Gasteiger partial charge is 0.489 e. The first-order chi connectivity index (χ1) is 17.6. The van der Waals surface area contributed by atoms with Crippen molar-refractivity contribution in [3.8, 4) is 17.3 Å². The maximum atomic E-state index is 13.7. The number of carbonyl (C=O) groups is 1. The third-order valence-electron chi connectivity index (χ3n) is 5.32. The summed E-state index contributed by atoms with van der Waals surface area (Å²) in [4.78, 5) is 17.2. The molecule has 3 N–H and O–H groups in total. The van der Waals surface area contributed by atoms with Gasteiger partial charge in [0.25, 0.3) is 5.91 Å². The van der Waals surface area contributed by atoms with Gasteiger partial charge in [0.2, 0.25) is 0 Å². The number of carbonyl (C=O) groups excluding carboxylic acids is 1. The highest BCUT2D eigenvalue weighted by Gasteiger charge is 2.20. The zero-order valence-corrected chi connectivity index (χ0v) is 18.8. The van der Waals surface area contributed by atoms with Crippen LogP contribution in [0.4, 0.5) is 10.2 Å². The number of imidazole rings is 1. The van der Waals surface area contributed by atoms with Gasteiger partial charge in [0.15, 0.2) is 17.3 Å². The molecule has 1 amide bonds. The van der Waals surface area contributed by atoms with Gasteiger partial charge in [-0.3, -0.25) is 4.79 Å². The van der Waals surface area contributed by atoms with Crippen LogP contribution in [0, 0.1) is 5.82 Å². The van der Waals surface area contributed by atoms with Crippen molar-refractivity contribution < 1.29 is 18.6 Å². The summed E-state index contributed by atoms with van der Waals surface area (Å²) in [5.41, 5.74) is 11.2. The number of nitrogens with two attached hydrogens (primary N) is 1. The molecule has 3 aromatic carbocycles. The van der Waals surface area contributed by atoms with Crippen molar-refractivity contribution in [2.75, 3.05) is 5.73 Å². The van der Waals surface area contributed by atoms with E-state index < -0.39 is 0 Å². The predicted octanol–water partition coefficient (Wildman–Crippen LogP) is 3.54. The molecule has 0 saturated heterocycles. The number of aromatic nitrogens is 4. The van der Waals surface area contributed by atoms with Crippen molar-refractivity contribution in [2.24, 2.45) is 5.10 Å². The number of nitrogens with zero attached hydrogens (tertiary/aromatic N) is 5. The van der Waals surface area contributed by atoms with Gasteiger partial charge < -0.3 is 15.0 Å². The van der Waals surface area contributed by atoms with E-state index in [1.165, 1.54) is 12.3 Å². The number of nitrogens with one attached hydrogen (secondary N) is 1. The van der Waals surface area contributed by atoms with Gasteiger partial charge in [0, 0.05) is 5.56 Å². The molecule has 0 aliphatic heterocycles. The second-order valence-corrected chi connectivity index (χ2v) is 7.75. The summed E-state index contributed by atoms with van der Waals surface area (Å²) in [6, 6.07) is 20.8. The maximum Gasteiger partial charge on any atom is 0.260 e. The third-order valence-corrected chi connectivity index (χ3v) is 5.32. The third kappa shape index (κ3) is 4.89. The van der Waals surface area contributed by atoms with Crippen molar-refractivity contribution in [2.45, 2.75) is 13.2 Å². The lowest BCUT2D eigenvalue weighted by atomic mass is 10.2. The van der Waals surface area contributed by atoms with Gasteiger partial charge in [-0.05, 0) is 58.3 Å². The second kappa shape index (κ2) is 10.1. The summed E-state index contributed by atoms with van der Waals surface area (Å²) in [7, 11) is 0. The lowest BCUT2D eigenvalue weighted by Gasteiger charge is -2.07. The van der Waals surface area contributed by atoms with E-state index in [4.69, 9.17) is 15.1 Å². The Hall–Kier alpha value is -5.06. The van der Waals surface area contributed by atoms with Crippen LogP contribution in [0.15, 0.2) is 82.5 Å². The van der Waals surface area contributed by atoms with E-state index in [-0.39, 0.29) is 36.4 Å². The topological polar surface area (TPSA) is 133 Å². The Morgan fingerprint density at radius 3 is 2.64 bits per heavy atom. The number of hydrazone groups is 1. The number of hydrogen-bond acceptors (Lipinski definition) is 8. The number of nitrogen functional groups attached to an aromatic ring is 1. The highest BCUT2D eigenvalue weighted by Crippen LogP contribution is 2.26. The first kappa shape index (κ1) is 22.7. The molecule has 0 saturated carbocycles. The van der Waals surface area contributed by atoms with Crippen LogP contribution in [0.1, 0.15) is 11.1 Å². The molecule has 11 heteroatoms. The van der Waals surface area contributed by atoms with Gasteiger partial charge in [-0.2, -0.15) is 5.10 Å². The van der Waals surface area contributed by atoms with E-state index in [0.29, 0.717) is 22.7 Å². The monoisotopic (exact) mass is 485 g/mol. The molecule has 2 aromatic heterocycles. The van der Waals surface area contributed by atoms with Gasteiger partial charge in [-0.1, -0.05) is 30.3 Å². The zero-order chi connectivity index (χ0) is 24.9. The van der Waals surface area contributed by atoms with Gasteiger partial charge >= 0.3 is 0 Å². The van der Waals surface area contributed by atoms with Gasteiger partial charge in [-0.25, -0.2) is 19.4 Å². The molecule has 5 aromatic rings. The summed E-state index contributed by atoms with van der Waals surface area (Å²) < 4.78 is 25.7. The fraction of sp³-hybridized carbons (Fsp3) is 0.0800. The van der Waals surface area contributed by atoms with E-state index in [1.54, 1.807) is 47.0 Å².